The van der Waals surface area contributed by atoms with Crippen molar-refractivity contribution in [3.05, 3.63) is 45.6 Å². The molecule has 33 heavy (non-hydrogen) atoms. The first-order valence-electron chi connectivity index (χ1n) is 11.7. The molecule has 0 radical (unpaired) electrons. The second kappa shape index (κ2) is 8.90. The van der Waals surface area contributed by atoms with Gasteiger partial charge in [0.05, 0.1) is 23.0 Å². The van der Waals surface area contributed by atoms with Crippen LogP contribution >= 0.6 is 0 Å². The van der Waals surface area contributed by atoms with Gasteiger partial charge in [0.25, 0.3) is 0 Å². The molecular formula is C24H29N7O2. The van der Waals surface area contributed by atoms with E-state index >= 15 is 0 Å². The van der Waals surface area contributed by atoms with Crippen LogP contribution < -0.4 is 21.2 Å². The molecule has 0 spiro atoms. The van der Waals surface area contributed by atoms with Gasteiger partial charge < -0.3 is 15.5 Å². The number of carbonyl (C=O) groups is 1. The number of H-pyrrole nitrogens is 1. The SMILES string of the molecule is CC(=O)c1c(C2CCCC2)nc2[nH]c(=O)nc(Nc3ccc(N4CCNCC4)cn3)c2c1C. The zero-order valence-corrected chi connectivity index (χ0v) is 19.1. The Morgan fingerprint density at radius 1 is 1.15 bits per heavy atom. The fourth-order valence-corrected chi connectivity index (χ4v) is 5.11. The van der Waals surface area contributed by atoms with Gasteiger partial charge in [-0.25, -0.2) is 14.8 Å². The first-order valence-corrected chi connectivity index (χ1v) is 11.7. The van der Waals surface area contributed by atoms with E-state index in [9.17, 15) is 9.59 Å². The van der Waals surface area contributed by atoms with Gasteiger partial charge in [0.1, 0.15) is 17.3 Å². The van der Waals surface area contributed by atoms with Crippen LogP contribution in [-0.4, -0.2) is 51.9 Å². The minimum atomic E-state index is -0.484. The molecule has 0 amide bonds. The summed E-state index contributed by atoms with van der Waals surface area (Å²) in [6, 6.07) is 3.90. The minimum Gasteiger partial charge on any atom is -0.368 e. The molecule has 0 aromatic carbocycles. The van der Waals surface area contributed by atoms with E-state index in [0.29, 0.717) is 28.2 Å². The number of piperazine rings is 1. The van der Waals surface area contributed by atoms with Crippen molar-refractivity contribution in [1.29, 1.82) is 0 Å². The summed E-state index contributed by atoms with van der Waals surface area (Å²) in [5, 5.41) is 7.18. The monoisotopic (exact) mass is 447 g/mol. The molecule has 9 nitrogen and oxygen atoms in total. The predicted octanol–water partition coefficient (Wildman–Crippen LogP) is 3.03. The highest BCUT2D eigenvalue weighted by Crippen LogP contribution is 2.38. The van der Waals surface area contributed by atoms with Gasteiger partial charge in [0, 0.05) is 37.7 Å². The Labute approximate surface area is 192 Å². The van der Waals surface area contributed by atoms with Crippen LogP contribution in [0.15, 0.2) is 23.1 Å². The largest absolute Gasteiger partial charge is 0.368 e. The molecule has 0 bridgehead atoms. The van der Waals surface area contributed by atoms with E-state index in [2.05, 4.69) is 30.5 Å². The summed E-state index contributed by atoms with van der Waals surface area (Å²) in [5.41, 5.74) is 3.27. The number of hydrogen-bond acceptors (Lipinski definition) is 8. The van der Waals surface area contributed by atoms with Crippen molar-refractivity contribution in [3.63, 3.8) is 0 Å². The number of fused-ring (bicyclic) bond motifs is 1. The van der Waals surface area contributed by atoms with E-state index in [-0.39, 0.29) is 11.7 Å². The molecule has 9 heteroatoms. The van der Waals surface area contributed by atoms with Crippen molar-refractivity contribution >= 4 is 34.1 Å². The number of pyridine rings is 2. The Morgan fingerprint density at radius 3 is 2.58 bits per heavy atom. The topological polar surface area (TPSA) is 116 Å². The van der Waals surface area contributed by atoms with Crippen LogP contribution in [0.25, 0.3) is 11.0 Å². The molecule has 1 aliphatic carbocycles. The number of nitrogens with zero attached hydrogens (tertiary/aromatic N) is 4. The number of carbonyl (C=O) groups excluding carboxylic acids is 1. The number of anilines is 3. The second-order valence-corrected chi connectivity index (χ2v) is 8.91. The molecular weight excluding hydrogens is 418 g/mol. The molecule has 2 aliphatic rings. The number of aromatic amines is 1. The van der Waals surface area contributed by atoms with Crippen LogP contribution in [0.3, 0.4) is 0 Å². The maximum atomic E-state index is 12.6. The Kier molecular flexibility index (Phi) is 5.80. The van der Waals surface area contributed by atoms with E-state index in [1.165, 1.54) is 0 Å². The van der Waals surface area contributed by atoms with Gasteiger partial charge >= 0.3 is 5.69 Å². The van der Waals surface area contributed by atoms with E-state index in [1.807, 2.05) is 25.3 Å². The van der Waals surface area contributed by atoms with Crippen LogP contribution in [0.2, 0.25) is 0 Å². The molecule has 4 heterocycles. The molecule has 172 valence electrons. The lowest BCUT2D eigenvalue weighted by atomic mass is 9.92. The summed E-state index contributed by atoms with van der Waals surface area (Å²) < 4.78 is 0. The maximum absolute atomic E-state index is 12.6. The smallest absolute Gasteiger partial charge is 0.348 e. The molecule has 2 fully saturated rings. The summed E-state index contributed by atoms with van der Waals surface area (Å²) in [7, 11) is 0. The van der Waals surface area contributed by atoms with Crippen molar-refractivity contribution in [3.8, 4) is 0 Å². The second-order valence-electron chi connectivity index (χ2n) is 8.91. The molecule has 1 aliphatic heterocycles. The van der Waals surface area contributed by atoms with Crippen LogP contribution in [0.5, 0.6) is 0 Å². The van der Waals surface area contributed by atoms with Crippen molar-refractivity contribution < 1.29 is 4.79 Å². The number of hydrogen-bond donors (Lipinski definition) is 3. The molecule has 1 saturated heterocycles. The third-order valence-corrected chi connectivity index (χ3v) is 6.72. The number of rotatable bonds is 5. The van der Waals surface area contributed by atoms with Gasteiger partial charge in [0.15, 0.2) is 5.78 Å². The van der Waals surface area contributed by atoms with Gasteiger partial charge in [-0.15, -0.1) is 0 Å². The van der Waals surface area contributed by atoms with Crippen molar-refractivity contribution in [2.75, 3.05) is 36.4 Å². The number of nitrogens with one attached hydrogen (secondary N) is 3. The summed E-state index contributed by atoms with van der Waals surface area (Å²) >= 11 is 0. The minimum absolute atomic E-state index is 0.0144. The molecule has 3 N–H and O–H groups in total. The van der Waals surface area contributed by atoms with Gasteiger partial charge in [-0.3, -0.25) is 9.78 Å². The Hall–Kier alpha value is -3.33. The zero-order valence-electron chi connectivity index (χ0n) is 19.1. The van der Waals surface area contributed by atoms with E-state index in [4.69, 9.17) is 4.98 Å². The summed E-state index contributed by atoms with van der Waals surface area (Å²) in [4.78, 5) is 43.6. The van der Waals surface area contributed by atoms with E-state index in [1.54, 1.807) is 6.92 Å². The average molecular weight is 448 g/mol. The molecule has 5 rings (SSSR count). The fourth-order valence-electron chi connectivity index (χ4n) is 5.11. The number of ketones is 1. The lowest BCUT2D eigenvalue weighted by Gasteiger charge is -2.29. The highest BCUT2D eigenvalue weighted by Gasteiger charge is 2.27. The third kappa shape index (κ3) is 4.20. The quantitative estimate of drug-likeness (QED) is 0.511. The highest BCUT2D eigenvalue weighted by molar-refractivity contribution is 6.03. The van der Waals surface area contributed by atoms with E-state index in [0.717, 1.165) is 68.8 Å². The van der Waals surface area contributed by atoms with Crippen molar-refractivity contribution in [2.45, 2.75) is 45.4 Å². The molecule has 3 aromatic rings. The molecule has 0 atom stereocenters. The zero-order chi connectivity index (χ0) is 22.9. The lowest BCUT2D eigenvalue weighted by Crippen LogP contribution is -2.43. The normalized spacial score (nSPS) is 17.0. The number of aromatic nitrogens is 4. The van der Waals surface area contributed by atoms with Gasteiger partial charge in [0.2, 0.25) is 0 Å². The highest BCUT2D eigenvalue weighted by atomic mass is 16.1. The first kappa shape index (κ1) is 21.5. The molecule has 0 unspecified atom stereocenters. The van der Waals surface area contributed by atoms with Crippen molar-refractivity contribution in [1.82, 2.24) is 25.3 Å². The maximum Gasteiger partial charge on any atom is 0.348 e. The third-order valence-electron chi connectivity index (χ3n) is 6.72. The Balaban J connectivity index is 1.54. The lowest BCUT2D eigenvalue weighted by molar-refractivity contribution is 0.101. The van der Waals surface area contributed by atoms with Crippen LogP contribution in [-0.2, 0) is 0 Å². The van der Waals surface area contributed by atoms with Crippen LogP contribution in [0.1, 0.15) is 60.1 Å². The Morgan fingerprint density at radius 2 is 1.91 bits per heavy atom. The summed E-state index contributed by atoms with van der Waals surface area (Å²) in [6.45, 7) is 7.28. The number of aryl methyl sites for hydroxylation is 1. The molecule has 1 saturated carbocycles. The molecule has 3 aromatic heterocycles. The Bertz CT molecular complexity index is 1240. The number of Topliss-reactive ketones (excluding diaryl/α,β-unsaturated/α-hetero) is 1. The summed E-state index contributed by atoms with van der Waals surface area (Å²) in [6.07, 6.45) is 6.13. The average Bonchev–Trinajstić information content (AvgIpc) is 3.34. The van der Waals surface area contributed by atoms with Crippen LogP contribution in [0.4, 0.5) is 17.3 Å². The standard InChI is InChI=1S/C24H29N7O2/c1-14-19(15(2)32)21(16-5-3-4-6-16)28-23-20(14)22(29-24(33)30-23)27-18-8-7-17(13-26-18)31-11-9-25-10-12-31/h7-8,13,16,25H,3-6,9-12H2,1-2H3,(H2,26,27,28,29,30,33). The van der Waals surface area contributed by atoms with E-state index < -0.39 is 5.69 Å². The van der Waals surface area contributed by atoms with Crippen molar-refractivity contribution in [2.24, 2.45) is 0 Å². The van der Waals surface area contributed by atoms with Gasteiger partial charge in [-0.2, -0.15) is 4.98 Å². The van der Waals surface area contributed by atoms with Gasteiger partial charge in [-0.1, -0.05) is 12.8 Å². The first-order chi connectivity index (χ1) is 16.0. The van der Waals surface area contributed by atoms with Crippen LogP contribution in [0, 0.1) is 6.92 Å². The fraction of sp³-hybridized carbons (Fsp3) is 0.458. The summed E-state index contributed by atoms with van der Waals surface area (Å²) in [5.74, 6) is 1.18. The van der Waals surface area contributed by atoms with Gasteiger partial charge in [-0.05, 0) is 44.4 Å². The predicted molar refractivity (Wildman–Crippen MR) is 129 cm³/mol.